The molecule has 1 nitrogen and oxygen atoms in total. The average molecular weight is 277 g/mol. The lowest BCUT2D eigenvalue weighted by Gasteiger charge is -2.16. The third-order valence-corrected chi connectivity index (χ3v) is 4.24. The van der Waals surface area contributed by atoms with Crippen LogP contribution in [0.15, 0.2) is 40.9 Å². The Morgan fingerprint density at radius 1 is 1.12 bits per heavy atom. The van der Waals surface area contributed by atoms with Gasteiger partial charge in [0.1, 0.15) is 0 Å². The molecule has 0 unspecified atom stereocenters. The van der Waals surface area contributed by atoms with E-state index < -0.39 is 0 Å². The molecule has 3 rings (SSSR count). The van der Waals surface area contributed by atoms with E-state index in [0.717, 1.165) is 17.3 Å². The number of aliphatic hydroxyl groups excluding tert-OH is 1. The van der Waals surface area contributed by atoms with Gasteiger partial charge in [0.2, 0.25) is 0 Å². The Labute approximate surface area is 103 Å². The van der Waals surface area contributed by atoms with Gasteiger partial charge in [0.25, 0.3) is 0 Å². The number of rotatable bonds is 2. The molecule has 1 fully saturated rings. The molecule has 0 aliphatic heterocycles. The molecule has 0 atom stereocenters. The summed E-state index contributed by atoms with van der Waals surface area (Å²) in [6, 6.07) is 12.6. The van der Waals surface area contributed by atoms with Crippen molar-refractivity contribution in [2.75, 3.05) is 6.61 Å². The second-order valence-electron chi connectivity index (χ2n) is 4.58. The molecular formula is C14H13BrO. The molecule has 0 amide bonds. The number of hydrogen-bond donors (Lipinski definition) is 1. The molecule has 82 valence electrons. The predicted octanol–water partition coefficient (Wildman–Crippen LogP) is 3.63. The highest BCUT2D eigenvalue weighted by molar-refractivity contribution is 9.10. The second kappa shape index (κ2) is 3.57. The van der Waals surface area contributed by atoms with E-state index in [1.165, 1.54) is 16.3 Å². The topological polar surface area (TPSA) is 20.2 Å². The summed E-state index contributed by atoms with van der Waals surface area (Å²) in [4.78, 5) is 0. The Kier molecular flexibility index (Phi) is 2.30. The summed E-state index contributed by atoms with van der Waals surface area (Å²) in [5, 5.41) is 12.0. The van der Waals surface area contributed by atoms with Crippen molar-refractivity contribution in [3.05, 3.63) is 46.4 Å². The van der Waals surface area contributed by atoms with Gasteiger partial charge in [-0.3, -0.25) is 0 Å². The molecule has 0 bridgehead atoms. The van der Waals surface area contributed by atoms with E-state index in [2.05, 4.69) is 52.3 Å². The quantitative estimate of drug-likeness (QED) is 0.888. The summed E-state index contributed by atoms with van der Waals surface area (Å²) in [6.07, 6.45) is 2.20. The second-order valence-corrected chi connectivity index (χ2v) is 5.44. The third-order valence-electron chi connectivity index (χ3n) is 3.58. The molecule has 2 heteroatoms. The molecule has 1 N–H and O–H groups in total. The highest BCUT2D eigenvalue weighted by Crippen LogP contribution is 2.50. The van der Waals surface area contributed by atoms with Crippen LogP contribution in [-0.2, 0) is 5.41 Å². The normalized spacial score (nSPS) is 17.6. The van der Waals surface area contributed by atoms with Gasteiger partial charge >= 0.3 is 0 Å². The van der Waals surface area contributed by atoms with Crippen LogP contribution in [0.4, 0.5) is 0 Å². The molecule has 1 aliphatic carbocycles. The van der Waals surface area contributed by atoms with Crippen LogP contribution in [0.3, 0.4) is 0 Å². The Morgan fingerprint density at radius 2 is 1.81 bits per heavy atom. The lowest BCUT2D eigenvalue weighted by Crippen LogP contribution is -2.12. The fourth-order valence-corrected chi connectivity index (χ4v) is 3.00. The van der Waals surface area contributed by atoms with Crippen LogP contribution in [0.1, 0.15) is 18.4 Å². The van der Waals surface area contributed by atoms with E-state index in [-0.39, 0.29) is 12.0 Å². The third kappa shape index (κ3) is 1.40. The van der Waals surface area contributed by atoms with Gasteiger partial charge < -0.3 is 5.11 Å². The monoisotopic (exact) mass is 276 g/mol. The minimum absolute atomic E-state index is 0.0311. The summed E-state index contributed by atoms with van der Waals surface area (Å²) in [7, 11) is 0. The Bertz CT molecular complexity index is 538. The van der Waals surface area contributed by atoms with Crippen molar-refractivity contribution in [2.45, 2.75) is 18.3 Å². The van der Waals surface area contributed by atoms with E-state index in [1.54, 1.807) is 0 Å². The van der Waals surface area contributed by atoms with E-state index in [0.29, 0.717) is 0 Å². The number of fused-ring (bicyclic) bond motifs is 1. The van der Waals surface area contributed by atoms with Gasteiger partial charge in [0, 0.05) is 9.89 Å². The number of halogens is 1. The fourth-order valence-electron chi connectivity index (χ4n) is 2.40. The van der Waals surface area contributed by atoms with Gasteiger partial charge in [-0.05, 0) is 35.2 Å². The van der Waals surface area contributed by atoms with Crippen molar-refractivity contribution in [2.24, 2.45) is 0 Å². The fraction of sp³-hybridized carbons (Fsp3) is 0.286. The first kappa shape index (κ1) is 10.3. The van der Waals surface area contributed by atoms with Crippen LogP contribution in [0, 0.1) is 0 Å². The molecule has 0 aromatic heterocycles. The van der Waals surface area contributed by atoms with Crippen molar-refractivity contribution >= 4 is 26.7 Å². The molecular weight excluding hydrogens is 264 g/mol. The minimum Gasteiger partial charge on any atom is -0.395 e. The SMILES string of the molecule is OCC1(c2cccc3cccc(Br)c23)CC1. The zero-order chi connectivity index (χ0) is 11.2. The first-order chi connectivity index (χ1) is 7.77. The van der Waals surface area contributed by atoms with Gasteiger partial charge in [0.05, 0.1) is 6.61 Å². The maximum absolute atomic E-state index is 9.55. The highest BCUT2D eigenvalue weighted by atomic mass is 79.9. The van der Waals surface area contributed by atoms with Crippen molar-refractivity contribution in [1.29, 1.82) is 0 Å². The highest BCUT2D eigenvalue weighted by Gasteiger charge is 2.44. The van der Waals surface area contributed by atoms with Crippen LogP contribution < -0.4 is 0 Å². The maximum atomic E-state index is 9.55. The van der Waals surface area contributed by atoms with Gasteiger partial charge in [0.15, 0.2) is 0 Å². The molecule has 2 aromatic rings. The molecule has 1 aliphatic rings. The Balaban J connectivity index is 2.33. The van der Waals surface area contributed by atoms with Gasteiger partial charge in [-0.25, -0.2) is 0 Å². The molecule has 2 aromatic carbocycles. The first-order valence-electron chi connectivity index (χ1n) is 5.55. The summed E-state index contributed by atoms with van der Waals surface area (Å²) >= 11 is 3.62. The van der Waals surface area contributed by atoms with Gasteiger partial charge in [-0.1, -0.05) is 46.3 Å². The summed E-state index contributed by atoms with van der Waals surface area (Å²) < 4.78 is 1.13. The van der Waals surface area contributed by atoms with E-state index in [9.17, 15) is 5.11 Å². The van der Waals surface area contributed by atoms with Crippen LogP contribution in [0.5, 0.6) is 0 Å². The molecule has 0 spiro atoms. The van der Waals surface area contributed by atoms with Crippen molar-refractivity contribution in [3.8, 4) is 0 Å². The van der Waals surface area contributed by atoms with E-state index >= 15 is 0 Å². The zero-order valence-electron chi connectivity index (χ0n) is 8.91. The number of aliphatic hydroxyl groups is 1. The van der Waals surface area contributed by atoms with Crippen LogP contribution in [0.25, 0.3) is 10.8 Å². The predicted molar refractivity (Wildman–Crippen MR) is 69.6 cm³/mol. The zero-order valence-corrected chi connectivity index (χ0v) is 10.5. The Morgan fingerprint density at radius 3 is 2.44 bits per heavy atom. The summed E-state index contributed by atoms with van der Waals surface area (Å²) in [6.45, 7) is 0.257. The standard InChI is InChI=1S/C14H13BrO/c15-12-6-2-4-10-3-1-5-11(13(10)12)14(9-16)7-8-14/h1-6,16H,7-9H2. The molecule has 0 saturated heterocycles. The van der Waals surface area contributed by atoms with Gasteiger partial charge in [-0.15, -0.1) is 0 Å². The summed E-state index contributed by atoms with van der Waals surface area (Å²) in [5.41, 5.74) is 1.32. The van der Waals surface area contributed by atoms with Crippen molar-refractivity contribution < 1.29 is 5.11 Å². The number of hydrogen-bond acceptors (Lipinski definition) is 1. The van der Waals surface area contributed by atoms with Crippen LogP contribution in [-0.4, -0.2) is 11.7 Å². The number of benzene rings is 2. The molecule has 1 saturated carbocycles. The molecule has 0 radical (unpaired) electrons. The first-order valence-corrected chi connectivity index (χ1v) is 6.35. The Hall–Kier alpha value is -0.860. The summed E-state index contributed by atoms with van der Waals surface area (Å²) in [5.74, 6) is 0. The molecule has 16 heavy (non-hydrogen) atoms. The van der Waals surface area contributed by atoms with E-state index in [1.807, 2.05) is 0 Å². The van der Waals surface area contributed by atoms with E-state index in [4.69, 9.17) is 0 Å². The van der Waals surface area contributed by atoms with Crippen LogP contribution >= 0.6 is 15.9 Å². The average Bonchev–Trinajstić information content (AvgIpc) is 3.10. The lowest BCUT2D eigenvalue weighted by molar-refractivity contribution is 0.256. The smallest absolute Gasteiger partial charge is 0.0528 e. The van der Waals surface area contributed by atoms with Crippen molar-refractivity contribution in [1.82, 2.24) is 0 Å². The maximum Gasteiger partial charge on any atom is 0.0528 e. The largest absolute Gasteiger partial charge is 0.395 e. The van der Waals surface area contributed by atoms with Crippen molar-refractivity contribution in [3.63, 3.8) is 0 Å². The van der Waals surface area contributed by atoms with Crippen LogP contribution in [0.2, 0.25) is 0 Å². The lowest BCUT2D eigenvalue weighted by atomic mass is 9.91. The molecule has 0 heterocycles. The van der Waals surface area contributed by atoms with Gasteiger partial charge in [-0.2, -0.15) is 0 Å². The minimum atomic E-state index is 0.0311.